The Balaban J connectivity index is 1.54. The summed E-state index contributed by atoms with van der Waals surface area (Å²) >= 11 is 1.32. The van der Waals surface area contributed by atoms with Gasteiger partial charge in [0.25, 0.3) is 0 Å². The minimum Gasteiger partial charge on any atom is -0.369 e. The van der Waals surface area contributed by atoms with Gasteiger partial charge in [0.2, 0.25) is 10.0 Å². The highest BCUT2D eigenvalue weighted by atomic mass is 32.2. The summed E-state index contributed by atoms with van der Waals surface area (Å²) in [5, 5.41) is 3.20. The summed E-state index contributed by atoms with van der Waals surface area (Å²) in [6.07, 6.45) is 4.50. The van der Waals surface area contributed by atoms with Crippen LogP contribution in [0, 0.1) is 6.92 Å². The molecule has 1 fully saturated rings. The molecule has 0 amide bonds. The molecule has 0 unspecified atom stereocenters. The average Bonchev–Trinajstić information content (AvgIpc) is 3.16. The lowest BCUT2D eigenvalue weighted by Gasteiger charge is -2.28. The lowest BCUT2D eigenvalue weighted by Crippen LogP contribution is -2.31. The Kier molecular flexibility index (Phi) is 6.67. The molecule has 7 nitrogen and oxygen atoms in total. The largest absolute Gasteiger partial charge is 0.369 e. The van der Waals surface area contributed by atoms with Crippen molar-refractivity contribution in [1.82, 2.24) is 14.7 Å². The number of aryl methyl sites for hydroxylation is 2. The van der Waals surface area contributed by atoms with Gasteiger partial charge in [0.15, 0.2) is 0 Å². The summed E-state index contributed by atoms with van der Waals surface area (Å²) in [6.45, 7) is 6.70. The van der Waals surface area contributed by atoms with Crippen LogP contribution in [0.25, 0.3) is 0 Å². The molecule has 0 spiro atoms. The smallest absolute Gasteiger partial charge is 0.250 e. The molecule has 9 heteroatoms. The van der Waals surface area contributed by atoms with Crippen molar-refractivity contribution in [2.24, 2.45) is 0 Å². The van der Waals surface area contributed by atoms with Crippen LogP contribution < -0.4 is 14.9 Å². The Morgan fingerprint density at radius 3 is 2.63 bits per heavy atom. The Morgan fingerprint density at radius 2 is 1.93 bits per heavy atom. The van der Waals surface area contributed by atoms with Gasteiger partial charge in [-0.3, -0.25) is 0 Å². The van der Waals surface area contributed by atoms with Gasteiger partial charge in [-0.1, -0.05) is 6.92 Å². The van der Waals surface area contributed by atoms with Crippen LogP contribution in [-0.4, -0.2) is 44.6 Å². The van der Waals surface area contributed by atoms with E-state index in [4.69, 9.17) is 0 Å². The predicted molar refractivity (Wildman–Crippen MR) is 110 cm³/mol. The fourth-order valence-electron chi connectivity index (χ4n) is 3.07. The zero-order valence-electron chi connectivity index (χ0n) is 15.9. The number of piperidine rings is 1. The summed E-state index contributed by atoms with van der Waals surface area (Å²) in [7, 11) is -3.45. The molecular formula is C18H27N5O2S2. The van der Waals surface area contributed by atoms with E-state index in [-0.39, 0.29) is 0 Å². The maximum Gasteiger partial charge on any atom is 0.250 e. The van der Waals surface area contributed by atoms with E-state index in [0.29, 0.717) is 23.1 Å². The fraction of sp³-hybridized carbons (Fsp3) is 0.556. The third-order valence-electron chi connectivity index (χ3n) is 4.48. The third-order valence-corrected chi connectivity index (χ3v) is 7.66. The second-order valence-electron chi connectivity index (χ2n) is 6.61. The van der Waals surface area contributed by atoms with Crippen LogP contribution in [0.15, 0.2) is 22.4 Å². The Labute approximate surface area is 165 Å². The highest BCUT2D eigenvalue weighted by molar-refractivity contribution is 7.91. The van der Waals surface area contributed by atoms with Gasteiger partial charge in [0, 0.05) is 37.1 Å². The number of aromatic nitrogens is 2. The third kappa shape index (κ3) is 5.40. The van der Waals surface area contributed by atoms with E-state index >= 15 is 0 Å². The first kappa shape index (κ1) is 20.0. The van der Waals surface area contributed by atoms with Crippen LogP contribution in [0.4, 0.5) is 11.6 Å². The standard InChI is InChI=1S/C18H27N5O2S2/c1-3-15-7-8-18(26-15)27(24,25)20-10-9-19-16-13-17(22-14(2)21-16)23-11-5-4-6-12-23/h7-8,13,20H,3-6,9-12H2,1-2H3,(H,19,21,22). The predicted octanol–water partition coefficient (Wildman–Crippen LogP) is 2.79. The molecule has 148 valence electrons. The molecule has 27 heavy (non-hydrogen) atoms. The van der Waals surface area contributed by atoms with Crippen molar-refractivity contribution >= 4 is 33.0 Å². The van der Waals surface area contributed by atoms with Crippen LogP contribution in [0.3, 0.4) is 0 Å². The molecule has 2 N–H and O–H groups in total. The number of thiophene rings is 1. The minimum absolute atomic E-state index is 0.295. The van der Waals surface area contributed by atoms with E-state index < -0.39 is 10.0 Å². The highest BCUT2D eigenvalue weighted by Crippen LogP contribution is 2.22. The SMILES string of the molecule is CCc1ccc(S(=O)(=O)NCCNc2cc(N3CCCCC3)nc(C)n2)s1. The van der Waals surface area contributed by atoms with E-state index in [9.17, 15) is 8.42 Å². The van der Waals surface area contributed by atoms with Crippen molar-refractivity contribution in [3.8, 4) is 0 Å². The number of nitrogens with one attached hydrogen (secondary N) is 2. The van der Waals surface area contributed by atoms with Gasteiger partial charge in [-0.15, -0.1) is 11.3 Å². The number of rotatable bonds is 8. The van der Waals surface area contributed by atoms with Gasteiger partial charge in [0.05, 0.1) is 0 Å². The number of hydrogen-bond donors (Lipinski definition) is 2. The number of anilines is 2. The van der Waals surface area contributed by atoms with Gasteiger partial charge in [-0.25, -0.2) is 23.1 Å². The van der Waals surface area contributed by atoms with Crippen molar-refractivity contribution < 1.29 is 8.42 Å². The molecule has 1 aliphatic rings. The van der Waals surface area contributed by atoms with E-state index in [1.165, 1.54) is 30.6 Å². The van der Waals surface area contributed by atoms with Crippen LogP contribution in [0.1, 0.15) is 36.9 Å². The molecule has 1 saturated heterocycles. The first-order valence-electron chi connectivity index (χ1n) is 9.41. The first-order chi connectivity index (χ1) is 13.0. The van der Waals surface area contributed by atoms with Gasteiger partial charge in [-0.05, 0) is 44.7 Å². The normalized spacial score (nSPS) is 15.1. The van der Waals surface area contributed by atoms with Crippen LogP contribution in [0.5, 0.6) is 0 Å². The molecule has 0 saturated carbocycles. The Hall–Kier alpha value is -1.71. The van der Waals surface area contributed by atoms with Crippen molar-refractivity contribution in [1.29, 1.82) is 0 Å². The zero-order valence-corrected chi connectivity index (χ0v) is 17.5. The van der Waals surface area contributed by atoms with Gasteiger partial charge in [0.1, 0.15) is 21.7 Å². The quantitative estimate of drug-likeness (QED) is 0.652. The van der Waals surface area contributed by atoms with Gasteiger partial charge in [-0.2, -0.15) is 0 Å². The van der Waals surface area contributed by atoms with Crippen molar-refractivity contribution in [3.05, 3.63) is 28.9 Å². The molecule has 2 aromatic heterocycles. The fourth-order valence-corrected chi connectivity index (χ4v) is 5.44. The highest BCUT2D eigenvalue weighted by Gasteiger charge is 2.16. The van der Waals surface area contributed by atoms with Crippen molar-refractivity contribution in [2.45, 2.75) is 43.7 Å². The summed E-state index contributed by atoms with van der Waals surface area (Å²) in [5.74, 6) is 2.38. The topological polar surface area (TPSA) is 87.2 Å². The lowest BCUT2D eigenvalue weighted by atomic mass is 10.1. The molecular weight excluding hydrogens is 382 g/mol. The monoisotopic (exact) mass is 409 g/mol. The van der Waals surface area contributed by atoms with E-state index in [2.05, 4.69) is 24.9 Å². The number of nitrogens with zero attached hydrogens (tertiary/aromatic N) is 3. The lowest BCUT2D eigenvalue weighted by molar-refractivity contribution is 0.572. The molecule has 0 radical (unpaired) electrons. The van der Waals surface area contributed by atoms with Crippen LogP contribution in [-0.2, 0) is 16.4 Å². The second-order valence-corrected chi connectivity index (χ2v) is 9.77. The molecule has 0 bridgehead atoms. The van der Waals surface area contributed by atoms with E-state index in [1.54, 1.807) is 6.07 Å². The molecule has 3 heterocycles. The summed E-state index contributed by atoms with van der Waals surface area (Å²) in [6, 6.07) is 5.47. The van der Waals surface area contributed by atoms with Crippen molar-refractivity contribution in [3.63, 3.8) is 0 Å². The summed E-state index contributed by atoms with van der Waals surface area (Å²) in [5.41, 5.74) is 0. The maximum atomic E-state index is 12.3. The number of sulfonamides is 1. The average molecular weight is 410 g/mol. The number of hydrogen-bond acceptors (Lipinski definition) is 7. The second kappa shape index (κ2) is 8.99. The molecule has 2 aromatic rings. The molecule has 1 aliphatic heterocycles. The molecule has 0 atom stereocenters. The van der Waals surface area contributed by atoms with Crippen molar-refractivity contribution in [2.75, 3.05) is 36.4 Å². The maximum absolute atomic E-state index is 12.3. The molecule has 0 aliphatic carbocycles. The van der Waals surface area contributed by atoms with Crippen LogP contribution >= 0.6 is 11.3 Å². The van der Waals surface area contributed by atoms with E-state index in [1.807, 2.05) is 26.0 Å². The van der Waals surface area contributed by atoms with Gasteiger partial charge >= 0.3 is 0 Å². The van der Waals surface area contributed by atoms with Crippen LogP contribution in [0.2, 0.25) is 0 Å². The molecule has 0 aromatic carbocycles. The zero-order chi connectivity index (χ0) is 19.3. The Morgan fingerprint density at radius 1 is 1.15 bits per heavy atom. The molecule has 3 rings (SSSR count). The summed E-state index contributed by atoms with van der Waals surface area (Å²) in [4.78, 5) is 12.3. The summed E-state index contributed by atoms with van der Waals surface area (Å²) < 4.78 is 27.7. The van der Waals surface area contributed by atoms with E-state index in [0.717, 1.165) is 36.0 Å². The Bertz CT molecular complexity index is 860. The van der Waals surface area contributed by atoms with Gasteiger partial charge < -0.3 is 10.2 Å². The first-order valence-corrected chi connectivity index (χ1v) is 11.7. The minimum atomic E-state index is -3.45.